The molecular formula is C17H16ClFN2O3S. The van der Waals surface area contributed by atoms with Gasteiger partial charge in [-0.3, -0.25) is 4.79 Å². The molecular weight excluding hydrogens is 367 g/mol. The summed E-state index contributed by atoms with van der Waals surface area (Å²) in [5, 5.41) is 0.458. The number of carbonyl (C=O) groups is 1. The van der Waals surface area contributed by atoms with Crippen LogP contribution < -0.4 is 0 Å². The standard InChI is InChI=1S/C17H16ClFN2O3S/c18-13-5-7-14(8-6-13)25(23,24)21-11-9-20(10-12-21)17(22)15-3-1-2-4-16(15)19/h1-8H,9-12H2. The predicted molar refractivity (Wildman–Crippen MR) is 92.5 cm³/mol. The molecule has 132 valence electrons. The van der Waals surface area contributed by atoms with E-state index in [-0.39, 0.29) is 36.6 Å². The van der Waals surface area contributed by atoms with Gasteiger partial charge in [0.2, 0.25) is 10.0 Å². The highest BCUT2D eigenvalue weighted by atomic mass is 35.5. The molecule has 0 unspecified atom stereocenters. The normalized spacial score (nSPS) is 16.0. The van der Waals surface area contributed by atoms with Gasteiger partial charge >= 0.3 is 0 Å². The number of benzene rings is 2. The molecule has 0 aliphatic carbocycles. The zero-order chi connectivity index (χ0) is 18.0. The summed E-state index contributed by atoms with van der Waals surface area (Å²) in [5.41, 5.74) is -0.00323. The number of hydrogen-bond acceptors (Lipinski definition) is 3. The smallest absolute Gasteiger partial charge is 0.256 e. The van der Waals surface area contributed by atoms with Crippen LogP contribution in [0, 0.1) is 5.82 Å². The SMILES string of the molecule is O=C(c1ccccc1F)N1CCN(S(=O)(=O)c2ccc(Cl)cc2)CC1. The maximum atomic E-state index is 13.8. The van der Waals surface area contributed by atoms with Gasteiger partial charge in [-0.1, -0.05) is 23.7 Å². The molecule has 1 heterocycles. The molecule has 25 heavy (non-hydrogen) atoms. The fourth-order valence-electron chi connectivity index (χ4n) is 2.69. The molecule has 8 heteroatoms. The van der Waals surface area contributed by atoms with E-state index < -0.39 is 21.7 Å². The van der Waals surface area contributed by atoms with Crippen molar-refractivity contribution < 1.29 is 17.6 Å². The summed E-state index contributed by atoms with van der Waals surface area (Å²) in [6, 6.07) is 11.7. The first-order valence-electron chi connectivity index (χ1n) is 7.69. The molecule has 0 saturated carbocycles. The third kappa shape index (κ3) is 3.68. The summed E-state index contributed by atoms with van der Waals surface area (Å²) in [7, 11) is -3.64. The van der Waals surface area contributed by atoms with Crippen LogP contribution in [-0.2, 0) is 10.0 Å². The summed E-state index contributed by atoms with van der Waals surface area (Å²) in [6.45, 7) is 0.732. The zero-order valence-electron chi connectivity index (χ0n) is 13.2. The maximum absolute atomic E-state index is 13.8. The van der Waals surface area contributed by atoms with Crippen LogP contribution in [0.25, 0.3) is 0 Å². The van der Waals surface area contributed by atoms with Crippen molar-refractivity contribution in [2.45, 2.75) is 4.90 Å². The minimum absolute atomic E-state index is 0.00323. The fourth-order valence-corrected chi connectivity index (χ4v) is 4.24. The van der Waals surface area contributed by atoms with Gasteiger partial charge in [0.05, 0.1) is 10.5 Å². The summed E-state index contributed by atoms with van der Waals surface area (Å²) < 4.78 is 40.3. The third-order valence-electron chi connectivity index (χ3n) is 4.08. The van der Waals surface area contributed by atoms with Crippen molar-refractivity contribution in [2.75, 3.05) is 26.2 Å². The average Bonchev–Trinajstić information content (AvgIpc) is 2.62. The van der Waals surface area contributed by atoms with E-state index in [4.69, 9.17) is 11.6 Å². The van der Waals surface area contributed by atoms with Crippen molar-refractivity contribution in [3.8, 4) is 0 Å². The van der Waals surface area contributed by atoms with E-state index in [0.717, 1.165) is 0 Å². The van der Waals surface area contributed by atoms with Crippen molar-refractivity contribution in [1.82, 2.24) is 9.21 Å². The van der Waals surface area contributed by atoms with E-state index >= 15 is 0 Å². The van der Waals surface area contributed by atoms with E-state index in [1.54, 1.807) is 6.07 Å². The van der Waals surface area contributed by atoms with Gasteiger partial charge in [-0.15, -0.1) is 0 Å². The quantitative estimate of drug-likeness (QED) is 0.820. The Morgan fingerprint density at radius 1 is 0.960 bits per heavy atom. The Balaban J connectivity index is 1.70. The number of amides is 1. The minimum Gasteiger partial charge on any atom is -0.336 e. The van der Waals surface area contributed by atoms with E-state index in [9.17, 15) is 17.6 Å². The van der Waals surface area contributed by atoms with Crippen molar-refractivity contribution >= 4 is 27.5 Å². The molecule has 2 aromatic carbocycles. The van der Waals surface area contributed by atoms with Crippen LogP contribution in [0.4, 0.5) is 4.39 Å². The molecule has 1 aliphatic heterocycles. The number of sulfonamides is 1. The molecule has 1 saturated heterocycles. The van der Waals surface area contributed by atoms with Crippen LogP contribution in [0.1, 0.15) is 10.4 Å². The van der Waals surface area contributed by atoms with Crippen molar-refractivity contribution in [3.63, 3.8) is 0 Å². The topological polar surface area (TPSA) is 57.7 Å². The Morgan fingerprint density at radius 2 is 1.56 bits per heavy atom. The first kappa shape index (κ1) is 17.8. The zero-order valence-corrected chi connectivity index (χ0v) is 14.8. The minimum atomic E-state index is -3.64. The Hall–Kier alpha value is -1.96. The molecule has 5 nitrogen and oxygen atoms in total. The number of piperazine rings is 1. The number of hydrogen-bond donors (Lipinski definition) is 0. The molecule has 0 aromatic heterocycles. The first-order valence-corrected chi connectivity index (χ1v) is 9.51. The van der Waals surface area contributed by atoms with E-state index in [2.05, 4.69) is 0 Å². The third-order valence-corrected chi connectivity index (χ3v) is 6.25. The van der Waals surface area contributed by atoms with Gasteiger partial charge in [-0.25, -0.2) is 12.8 Å². The lowest BCUT2D eigenvalue weighted by Gasteiger charge is -2.34. The van der Waals surface area contributed by atoms with Crippen LogP contribution in [-0.4, -0.2) is 49.7 Å². The first-order chi connectivity index (χ1) is 11.9. The molecule has 1 aliphatic rings. The number of nitrogens with zero attached hydrogens (tertiary/aromatic N) is 2. The second-order valence-corrected chi connectivity index (χ2v) is 8.00. The summed E-state index contributed by atoms with van der Waals surface area (Å²) in [6.07, 6.45) is 0. The lowest BCUT2D eigenvalue weighted by molar-refractivity contribution is 0.0693. The summed E-state index contributed by atoms with van der Waals surface area (Å²) in [5.74, 6) is -1.01. The van der Waals surface area contributed by atoms with E-state index in [1.165, 1.54) is 51.7 Å². The highest BCUT2D eigenvalue weighted by Crippen LogP contribution is 2.20. The number of rotatable bonds is 3. The number of halogens is 2. The van der Waals surface area contributed by atoms with E-state index in [0.29, 0.717) is 5.02 Å². The predicted octanol–water partition coefficient (Wildman–Crippen LogP) is 2.63. The molecule has 0 bridgehead atoms. The Labute approximate surface area is 150 Å². The van der Waals surface area contributed by atoms with Gasteiger partial charge in [-0.05, 0) is 36.4 Å². The lowest BCUT2D eigenvalue weighted by atomic mass is 10.1. The van der Waals surface area contributed by atoms with Crippen molar-refractivity contribution in [2.24, 2.45) is 0 Å². The van der Waals surface area contributed by atoms with Crippen LogP contribution >= 0.6 is 11.6 Å². The molecule has 0 spiro atoms. The van der Waals surface area contributed by atoms with Gasteiger partial charge in [0.1, 0.15) is 5.82 Å². The molecule has 1 fully saturated rings. The van der Waals surface area contributed by atoms with Gasteiger partial charge in [0, 0.05) is 31.2 Å². The summed E-state index contributed by atoms with van der Waals surface area (Å²) >= 11 is 5.79. The second kappa shape index (κ2) is 7.11. The van der Waals surface area contributed by atoms with Crippen LogP contribution in [0.3, 0.4) is 0 Å². The Morgan fingerprint density at radius 3 is 2.16 bits per heavy atom. The van der Waals surface area contributed by atoms with Crippen LogP contribution in [0.15, 0.2) is 53.4 Å². The van der Waals surface area contributed by atoms with Crippen LogP contribution in [0.2, 0.25) is 5.02 Å². The Kier molecular flexibility index (Phi) is 5.08. The van der Waals surface area contributed by atoms with Crippen LogP contribution in [0.5, 0.6) is 0 Å². The largest absolute Gasteiger partial charge is 0.336 e. The second-order valence-electron chi connectivity index (χ2n) is 5.63. The average molecular weight is 383 g/mol. The van der Waals surface area contributed by atoms with Crippen molar-refractivity contribution in [3.05, 3.63) is 64.9 Å². The molecule has 0 radical (unpaired) electrons. The molecule has 0 atom stereocenters. The van der Waals surface area contributed by atoms with Gasteiger partial charge in [0.25, 0.3) is 5.91 Å². The molecule has 1 amide bonds. The number of carbonyl (C=O) groups excluding carboxylic acids is 1. The van der Waals surface area contributed by atoms with E-state index in [1.807, 2.05) is 0 Å². The van der Waals surface area contributed by atoms with Gasteiger partial charge in [0.15, 0.2) is 0 Å². The monoisotopic (exact) mass is 382 g/mol. The summed E-state index contributed by atoms with van der Waals surface area (Å²) in [4.78, 5) is 14.0. The maximum Gasteiger partial charge on any atom is 0.256 e. The highest BCUT2D eigenvalue weighted by molar-refractivity contribution is 7.89. The van der Waals surface area contributed by atoms with Gasteiger partial charge < -0.3 is 4.90 Å². The molecule has 2 aromatic rings. The fraction of sp³-hybridized carbons (Fsp3) is 0.235. The molecule has 0 N–H and O–H groups in total. The Bertz CT molecular complexity index is 879. The van der Waals surface area contributed by atoms with Crippen molar-refractivity contribution in [1.29, 1.82) is 0 Å². The lowest BCUT2D eigenvalue weighted by Crippen LogP contribution is -2.50. The van der Waals surface area contributed by atoms with Gasteiger partial charge in [-0.2, -0.15) is 4.31 Å². The molecule has 3 rings (SSSR count). The highest BCUT2D eigenvalue weighted by Gasteiger charge is 2.30.